The molecule has 33 heavy (non-hydrogen) atoms. The van der Waals surface area contributed by atoms with Crippen LogP contribution in [0.2, 0.25) is 5.02 Å². The first-order chi connectivity index (χ1) is 16.0. The van der Waals surface area contributed by atoms with Crippen molar-refractivity contribution in [2.75, 3.05) is 50.1 Å². The highest BCUT2D eigenvalue weighted by atomic mass is 35.5. The summed E-state index contributed by atoms with van der Waals surface area (Å²) in [5.41, 5.74) is 3.57. The minimum Gasteiger partial charge on any atom is -0.492 e. The zero-order valence-corrected chi connectivity index (χ0v) is 19.6. The molecule has 0 radical (unpaired) electrons. The van der Waals surface area contributed by atoms with E-state index in [2.05, 4.69) is 21.6 Å². The number of piperidine rings is 1. The van der Waals surface area contributed by atoms with Crippen molar-refractivity contribution >= 4 is 34.9 Å². The third kappa shape index (κ3) is 4.04. The molecule has 0 aliphatic carbocycles. The van der Waals surface area contributed by atoms with E-state index in [4.69, 9.17) is 16.3 Å². The summed E-state index contributed by atoms with van der Waals surface area (Å²) in [5.74, 6) is 0.926. The molecule has 174 valence electrons. The van der Waals surface area contributed by atoms with Crippen LogP contribution in [0.3, 0.4) is 0 Å². The third-order valence-corrected chi connectivity index (χ3v) is 7.43. The Hall–Kier alpha value is -2.77. The Balaban J connectivity index is 1.17. The molecule has 2 N–H and O–H groups in total. The Kier molecular flexibility index (Phi) is 5.93. The second-order valence-electron chi connectivity index (χ2n) is 9.02. The second kappa shape index (κ2) is 8.88. The Labute approximate surface area is 199 Å². The van der Waals surface area contributed by atoms with Crippen molar-refractivity contribution in [3.8, 4) is 5.75 Å². The standard InChI is InChI=1S/C25H29ClN4O3/c1-27-24(32)30-10-2-3-17-15-19(5-7-22(17)30)33-14-13-29-11-8-25(9-12-29)20-16-18(26)4-6-21(20)28-23(25)31/h4-7,15-16H,2-3,8-14H2,1H3,(H,27,32)(H,28,31). The van der Waals surface area contributed by atoms with Gasteiger partial charge >= 0.3 is 6.03 Å². The number of benzene rings is 2. The number of hydrogen-bond acceptors (Lipinski definition) is 4. The number of likely N-dealkylation sites (tertiary alicyclic amines) is 1. The molecule has 3 aliphatic rings. The van der Waals surface area contributed by atoms with Gasteiger partial charge in [0.15, 0.2) is 0 Å². The number of urea groups is 1. The van der Waals surface area contributed by atoms with Gasteiger partial charge in [-0.25, -0.2) is 4.79 Å². The number of amides is 3. The minimum absolute atomic E-state index is 0.0756. The number of aryl methyl sites for hydroxylation is 1. The van der Waals surface area contributed by atoms with Crippen LogP contribution in [0.4, 0.5) is 16.2 Å². The van der Waals surface area contributed by atoms with Gasteiger partial charge in [-0.3, -0.25) is 14.6 Å². The summed E-state index contributed by atoms with van der Waals surface area (Å²) in [7, 11) is 1.66. The van der Waals surface area contributed by atoms with Gasteiger partial charge in [0.1, 0.15) is 12.4 Å². The van der Waals surface area contributed by atoms with Crippen molar-refractivity contribution < 1.29 is 14.3 Å². The zero-order valence-electron chi connectivity index (χ0n) is 18.8. The molecule has 8 heteroatoms. The number of ether oxygens (including phenoxy) is 1. The summed E-state index contributed by atoms with van der Waals surface area (Å²) in [6.45, 7) is 3.81. The summed E-state index contributed by atoms with van der Waals surface area (Å²) in [6.07, 6.45) is 3.45. The molecule has 2 aromatic carbocycles. The molecule has 3 heterocycles. The van der Waals surface area contributed by atoms with Gasteiger partial charge in [-0.1, -0.05) is 11.6 Å². The maximum absolute atomic E-state index is 12.8. The third-order valence-electron chi connectivity index (χ3n) is 7.19. The van der Waals surface area contributed by atoms with Crippen LogP contribution in [0.25, 0.3) is 0 Å². The SMILES string of the molecule is CNC(=O)N1CCCc2cc(OCCN3CCC4(CC3)C(=O)Nc3ccc(Cl)cc34)ccc21. The van der Waals surface area contributed by atoms with Crippen molar-refractivity contribution in [2.24, 2.45) is 0 Å². The fraction of sp³-hybridized carbons (Fsp3) is 0.440. The van der Waals surface area contributed by atoms with Crippen molar-refractivity contribution in [3.05, 3.63) is 52.5 Å². The van der Waals surface area contributed by atoms with Crippen LogP contribution in [0.15, 0.2) is 36.4 Å². The number of nitrogens with zero attached hydrogens (tertiary/aromatic N) is 2. The normalized spacial score (nSPS) is 19.1. The molecule has 0 atom stereocenters. The van der Waals surface area contributed by atoms with Gasteiger partial charge in [0.25, 0.3) is 0 Å². The molecule has 5 rings (SSSR count). The first-order valence-electron chi connectivity index (χ1n) is 11.6. The summed E-state index contributed by atoms with van der Waals surface area (Å²) in [5, 5.41) is 6.41. The monoisotopic (exact) mass is 468 g/mol. The Morgan fingerprint density at radius 3 is 2.79 bits per heavy atom. The number of hydrogen-bond donors (Lipinski definition) is 2. The van der Waals surface area contributed by atoms with E-state index in [1.165, 1.54) is 0 Å². The van der Waals surface area contributed by atoms with Crippen LogP contribution in [0, 0.1) is 0 Å². The molecule has 7 nitrogen and oxygen atoms in total. The number of anilines is 2. The van der Waals surface area contributed by atoms with E-state index >= 15 is 0 Å². The lowest BCUT2D eigenvalue weighted by atomic mass is 9.73. The van der Waals surface area contributed by atoms with Crippen LogP contribution >= 0.6 is 11.6 Å². The molecule has 0 saturated carbocycles. The van der Waals surface area contributed by atoms with Crippen LogP contribution < -0.4 is 20.3 Å². The highest BCUT2D eigenvalue weighted by Crippen LogP contribution is 2.45. The molecule has 1 saturated heterocycles. The summed E-state index contributed by atoms with van der Waals surface area (Å²) in [6, 6.07) is 11.6. The molecule has 2 aromatic rings. The van der Waals surface area contributed by atoms with Gasteiger partial charge in [0, 0.05) is 36.5 Å². The summed E-state index contributed by atoms with van der Waals surface area (Å²) >= 11 is 6.22. The van der Waals surface area contributed by atoms with Crippen molar-refractivity contribution in [1.82, 2.24) is 10.2 Å². The second-order valence-corrected chi connectivity index (χ2v) is 9.45. The maximum atomic E-state index is 12.8. The number of nitrogens with one attached hydrogen (secondary N) is 2. The fourth-order valence-electron chi connectivity index (χ4n) is 5.34. The van der Waals surface area contributed by atoms with E-state index in [-0.39, 0.29) is 11.9 Å². The van der Waals surface area contributed by atoms with Crippen LogP contribution in [-0.2, 0) is 16.6 Å². The predicted octanol–water partition coefficient (Wildman–Crippen LogP) is 3.80. The van der Waals surface area contributed by atoms with E-state index in [0.717, 1.165) is 80.1 Å². The van der Waals surface area contributed by atoms with Crippen LogP contribution in [0.1, 0.15) is 30.4 Å². The van der Waals surface area contributed by atoms with Crippen LogP contribution in [0.5, 0.6) is 5.75 Å². The number of carbonyl (C=O) groups excluding carboxylic acids is 2. The quantitative estimate of drug-likeness (QED) is 0.715. The van der Waals surface area contributed by atoms with Gasteiger partial charge in [-0.05, 0) is 86.3 Å². The van der Waals surface area contributed by atoms with Crippen molar-refractivity contribution in [1.29, 1.82) is 0 Å². The van der Waals surface area contributed by atoms with Crippen molar-refractivity contribution in [3.63, 3.8) is 0 Å². The first-order valence-corrected chi connectivity index (χ1v) is 12.0. The number of halogens is 1. The Morgan fingerprint density at radius 2 is 2.00 bits per heavy atom. The lowest BCUT2D eigenvalue weighted by Crippen LogP contribution is -2.47. The molecule has 0 unspecified atom stereocenters. The summed E-state index contributed by atoms with van der Waals surface area (Å²) in [4.78, 5) is 29.0. The molecule has 3 amide bonds. The highest BCUT2D eigenvalue weighted by molar-refractivity contribution is 6.31. The molecule has 3 aliphatic heterocycles. The minimum atomic E-state index is -0.466. The van der Waals surface area contributed by atoms with Gasteiger partial charge in [0.2, 0.25) is 5.91 Å². The molecule has 0 aromatic heterocycles. The van der Waals surface area contributed by atoms with Gasteiger partial charge in [0.05, 0.1) is 5.41 Å². The van der Waals surface area contributed by atoms with Gasteiger partial charge in [-0.15, -0.1) is 0 Å². The average Bonchev–Trinajstić information content (AvgIpc) is 3.09. The van der Waals surface area contributed by atoms with E-state index in [0.29, 0.717) is 11.6 Å². The Bertz CT molecular complexity index is 1080. The zero-order chi connectivity index (χ0) is 23.0. The largest absolute Gasteiger partial charge is 0.492 e. The highest BCUT2D eigenvalue weighted by Gasteiger charge is 2.48. The van der Waals surface area contributed by atoms with Gasteiger partial charge < -0.3 is 15.4 Å². The van der Waals surface area contributed by atoms with E-state index in [9.17, 15) is 9.59 Å². The fourth-order valence-corrected chi connectivity index (χ4v) is 5.51. The van der Waals surface area contributed by atoms with E-state index < -0.39 is 5.41 Å². The topological polar surface area (TPSA) is 73.9 Å². The number of rotatable bonds is 4. The molecular formula is C25H29ClN4O3. The van der Waals surface area contributed by atoms with E-state index in [1.807, 2.05) is 30.3 Å². The average molecular weight is 469 g/mol. The lowest BCUT2D eigenvalue weighted by Gasteiger charge is -2.38. The molecular weight excluding hydrogens is 440 g/mol. The van der Waals surface area contributed by atoms with E-state index in [1.54, 1.807) is 11.9 Å². The smallest absolute Gasteiger partial charge is 0.321 e. The van der Waals surface area contributed by atoms with Crippen LogP contribution in [-0.4, -0.2) is 56.7 Å². The molecule has 0 bridgehead atoms. The van der Waals surface area contributed by atoms with Crippen molar-refractivity contribution in [2.45, 2.75) is 31.1 Å². The Morgan fingerprint density at radius 1 is 1.18 bits per heavy atom. The molecule has 1 spiro atoms. The molecule has 1 fully saturated rings. The number of carbonyl (C=O) groups is 2. The predicted molar refractivity (Wildman–Crippen MR) is 129 cm³/mol. The summed E-state index contributed by atoms with van der Waals surface area (Å²) < 4.78 is 6.05. The first kappa shape index (κ1) is 22.0. The number of fused-ring (bicyclic) bond motifs is 3. The van der Waals surface area contributed by atoms with Gasteiger partial charge in [-0.2, -0.15) is 0 Å². The lowest BCUT2D eigenvalue weighted by molar-refractivity contribution is -0.122. The maximum Gasteiger partial charge on any atom is 0.321 e.